The van der Waals surface area contributed by atoms with E-state index in [1.807, 2.05) is 0 Å². The van der Waals surface area contributed by atoms with E-state index in [9.17, 15) is 18.4 Å². The molecule has 0 aliphatic carbocycles. The minimum Gasteiger partial charge on any atom is -0.493 e. The van der Waals surface area contributed by atoms with E-state index in [-0.39, 0.29) is 31.4 Å². The molecule has 1 aliphatic heterocycles. The molecule has 1 aromatic carbocycles. The summed E-state index contributed by atoms with van der Waals surface area (Å²) in [5, 5.41) is 1.80. The first kappa shape index (κ1) is 24.8. The highest BCUT2D eigenvalue weighted by Crippen LogP contribution is 2.29. The third-order valence-electron chi connectivity index (χ3n) is 4.23. The van der Waals surface area contributed by atoms with Crippen molar-refractivity contribution in [2.45, 2.75) is 51.9 Å². The number of halogens is 2. The Labute approximate surface area is 185 Å². The number of ketones is 1. The molecule has 3 rings (SSSR count). The first-order valence-corrected chi connectivity index (χ1v) is 10.8. The number of esters is 1. The van der Waals surface area contributed by atoms with Crippen molar-refractivity contribution in [3.63, 3.8) is 0 Å². The van der Waals surface area contributed by atoms with Crippen LogP contribution in [0, 0.1) is 0 Å². The third-order valence-corrected chi connectivity index (χ3v) is 5.08. The van der Waals surface area contributed by atoms with Crippen molar-refractivity contribution in [3.8, 4) is 11.5 Å². The number of Topliss-reactive ketones (excluding diaryl/α,β-unsaturated/α-hetero) is 1. The predicted molar refractivity (Wildman–Crippen MR) is 116 cm³/mol. The average molecular weight is 455 g/mol. The molecule has 0 spiro atoms. The fourth-order valence-electron chi connectivity index (χ4n) is 2.43. The Kier molecular flexibility index (Phi) is 8.56. The van der Waals surface area contributed by atoms with Crippen molar-refractivity contribution >= 4 is 23.1 Å². The molecule has 170 valence electrons. The largest absolute Gasteiger partial charge is 0.493 e. The molecule has 0 radical (unpaired) electrons. The molecule has 1 aromatic heterocycles. The normalized spacial score (nSPS) is 13.0. The van der Waals surface area contributed by atoms with Crippen LogP contribution in [-0.2, 0) is 4.74 Å². The quantitative estimate of drug-likeness (QED) is 0.470. The highest BCUT2D eigenvalue weighted by Gasteiger charge is 2.21. The van der Waals surface area contributed by atoms with E-state index < -0.39 is 11.3 Å². The number of fused-ring (bicyclic) bond motifs is 1. The minimum atomic E-state index is -1.28. The second-order valence-corrected chi connectivity index (χ2v) is 9.22. The van der Waals surface area contributed by atoms with E-state index in [4.69, 9.17) is 14.2 Å². The van der Waals surface area contributed by atoms with Crippen LogP contribution >= 0.6 is 11.3 Å². The van der Waals surface area contributed by atoms with E-state index in [1.54, 1.807) is 35.7 Å². The lowest BCUT2D eigenvalue weighted by atomic mass is 10.1. The van der Waals surface area contributed by atoms with Crippen LogP contribution in [0.15, 0.2) is 35.7 Å². The van der Waals surface area contributed by atoms with Crippen LogP contribution in [0.4, 0.5) is 8.78 Å². The summed E-state index contributed by atoms with van der Waals surface area (Å²) in [6.07, 6.45) is 0.550. The summed E-state index contributed by atoms with van der Waals surface area (Å²) in [5.74, 6) is 0.760. The lowest BCUT2D eigenvalue weighted by Gasteiger charge is -2.14. The van der Waals surface area contributed by atoms with Gasteiger partial charge in [0.25, 0.3) is 0 Å². The zero-order chi connectivity index (χ0) is 23.1. The zero-order valence-electron chi connectivity index (χ0n) is 18.2. The van der Waals surface area contributed by atoms with Crippen LogP contribution in [0.3, 0.4) is 0 Å². The molecule has 0 bridgehead atoms. The molecule has 0 fully saturated rings. The van der Waals surface area contributed by atoms with Crippen LogP contribution in [0.25, 0.3) is 0 Å². The van der Waals surface area contributed by atoms with Gasteiger partial charge < -0.3 is 14.2 Å². The Bertz CT molecular complexity index is 867. The van der Waals surface area contributed by atoms with Crippen molar-refractivity contribution in [1.29, 1.82) is 0 Å². The number of hydrogen-bond acceptors (Lipinski definition) is 6. The van der Waals surface area contributed by atoms with Gasteiger partial charge >= 0.3 is 5.97 Å². The van der Waals surface area contributed by atoms with Crippen molar-refractivity contribution in [1.82, 2.24) is 0 Å². The smallest absolute Gasteiger partial charge is 0.348 e. The van der Waals surface area contributed by atoms with Crippen LogP contribution < -0.4 is 9.47 Å². The second kappa shape index (κ2) is 10.7. The molecule has 5 nitrogen and oxygen atoms in total. The molecule has 0 unspecified atom stereocenters. The SMILES string of the molecule is CC(C)(F)CCOC(=O)c1cccs1.CC(C)(F)CCOc1ccc2c(c1)OCC2=O. The Morgan fingerprint density at radius 3 is 2.39 bits per heavy atom. The van der Waals surface area contributed by atoms with Gasteiger partial charge in [-0.05, 0) is 51.3 Å². The van der Waals surface area contributed by atoms with Gasteiger partial charge in [0.1, 0.15) is 27.7 Å². The molecule has 2 aromatic rings. The summed E-state index contributed by atoms with van der Waals surface area (Å²) >= 11 is 1.32. The summed E-state index contributed by atoms with van der Waals surface area (Å²) in [6.45, 7) is 6.48. The van der Waals surface area contributed by atoms with E-state index >= 15 is 0 Å². The maximum absolute atomic E-state index is 13.2. The summed E-state index contributed by atoms with van der Waals surface area (Å²) < 4.78 is 41.7. The Hall–Kier alpha value is -2.48. The highest BCUT2D eigenvalue weighted by atomic mass is 32.1. The van der Waals surface area contributed by atoms with Crippen molar-refractivity contribution in [3.05, 3.63) is 46.2 Å². The van der Waals surface area contributed by atoms with Crippen molar-refractivity contribution in [2.75, 3.05) is 19.8 Å². The van der Waals surface area contributed by atoms with E-state index in [1.165, 1.54) is 39.0 Å². The number of benzene rings is 1. The molecule has 8 heteroatoms. The average Bonchev–Trinajstić information content (AvgIpc) is 3.31. The van der Waals surface area contributed by atoms with Gasteiger partial charge in [0.05, 0.1) is 18.8 Å². The van der Waals surface area contributed by atoms with E-state index in [0.717, 1.165) is 0 Å². The molecule has 0 N–H and O–H groups in total. The van der Waals surface area contributed by atoms with Gasteiger partial charge in [-0.3, -0.25) is 4.79 Å². The van der Waals surface area contributed by atoms with Crippen LogP contribution in [-0.4, -0.2) is 42.9 Å². The number of rotatable bonds is 8. The number of carbonyl (C=O) groups is 2. The first-order valence-electron chi connectivity index (χ1n) is 9.96. The third kappa shape index (κ3) is 9.04. The molecular formula is C23H28F2O5S. The van der Waals surface area contributed by atoms with Crippen molar-refractivity contribution in [2.24, 2.45) is 0 Å². The molecule has 1 aliphatic rings. The van der Waals surface area contributed by atoms with Crippen LogP contribution in [0.2, 0.25) is 0 Å². The molecule has 0 saturated carbocycles. The summed E-state index contributed by atoms with van der Waals surface area (Å²) in [7, 11) is 0. The Morgan fingerprint density at radius 2 is 1.77 bits per heavy atom. The number of thiophene rings is 1. The first-order chi connectivity index (χ1) is 14.4. The lowest BCUT2D eigenvalue weighted by molar-refractivity contribution is 0.0438. The molecule has 0 saturated heterocycles. The Morgan fingerprint density at radius 1 is 1.10 bits per heavy atom. The Balaban J connectivity index is 0.000000225. The summed E-state index contributed by atoms with van der Waals surface area (Å²) in [4.78, 5) is 23.1. The van der Waals surface area contributed by atoms with Gasteiger partial charge in [0.2, 0.25) is 5.78 Å². The summed E-state index contributed by atoms with van der Waals surface area (Å²) in [5.41, 5.74) is -1.93. The van der Waals surface area contributed by atoms with E-state index in [2.05, 4.69) is 0 Å². The lowest BCUT2D eigenvalue weighted by Crippen LogP contribution is -2.16. The van der Waals surface area contributed by atoms with Gasteiger partial charge in [0, 0.05) is 18.9 Å². The van der Waals surface area contributed by atoms with Gasteiger partial charge in [0.15, 0.2) is 6.61 Å². The molecule has 2 heterocycles. The predicted octanol–water partition coefficient (Wildman–Crippen LogP) is 5.82. The number of hydrogen-bond donors (Lipinski definition) is 0. The highest BCUT2D eigenvalue weighted by molar-refractivity contribution is 7.11. The number of carbonyl (C=O) groups excluding carboxylic acids is 2. The fourth-order valence-corrected chi connectivity index (χ4v) is 3.04. The van der Waals surface area contributed by atoms with Crippen molar-refractivity contribution < 1.29 is 32.6 Å². The van der Waals surface area contributed by atoms with Gasteiger partial charge in [-0.25, -0.2) is 13.6 Å². The topological polar surface area (TPSA) is 61.8 Å². The van der Waals surface area contributed by atoms with E-state index in [0.29, 0.717) is 35.0 Å². The summed E-state index contributed by atoms with van der Waals surface area (Å²) in [6, 6.07) is 8.52. The fraction of sp³-hybridized carbons (Fsp3) is 0.478. The van der Waals surface area contributed by atoms with Crippen LogP contribution in [0.1, 0.15) is 60.6 Å². The molecule has 0 amide bonds. The molecular weight excluding hydrogens is 426 g/mol. The number of ether oxygens (including phenoxy) is 3. The maximum Gasteiger partial charge on any atom is 0.348 e. The number of alkyl halides is 2. The molecule has 31 heavy (non-hydrogen) atoms. The minimum absolute atomic E-state index is 0.0172. The van der Waals surface area contributed by atoms with Gasteiger partial charge in [-0.1, -0.05) is 6.07 Å². The van der Waals surface area contributed by atoms with Crippen LogP contribution in [0.5, 0.6) is 11.5 Å². The maximum atomic E-state index is 13.2. The monoisotopic (exact) mass is 454 g/mol. The standard InChI is InChI=1S/C13H15FO3.C10H13FO2S/c1-13(2,14)5-6-16-9-3-4-10-11(15)8-17-12(10)7-9;1-10(2,11)5-6-13-9(12)8-4-3-7-14-8/h3-4,7H,5-6,8H2,1-2H3;3-4,7H,5-6H2,1-2H3. The zero-order valence-corrected chi connectivity index (χ0v) is 19.0. The molecule has 0 atom stereocenters. The van der Waals surface area contributed by atoms with Gasteiger partial charge in [-0.2, -0.15) is 0 Å². The second-order valence-electron chi connectivity index (χ2n) is 8.27. The van der Waals surface area contributed by atoms with Gasteiger partial charge in [-0.15, -0.1) is 11.3 Å².